The number of rotatable bonds is 1. The molecule has 2 heteroatoms. The third kappa shape index (κ3) is 1.23. The fourth-order valence-electron chi connectivity index (χ4n) is 2.54. The van der Waals surface area contributed by atoms with Crippen LogP contribution in [-0.2, 0) is 12.0 Å². The van der Waals surface area contributed by atoms with Crippen molar-refractivity contribution in [3.8, 4) is 0 Å². The normalized spacial score (nSPS) is 23.4. The fourth-order valence-corrected chi connectivity index (χ4v) is 2.54. The van der Waals surface area contributed by atoms with Crippen molar-refractivity contribution in [1.82, 2.24) is 0 Å². The van der Waals surface area contributed by atoms with E-state index in [1.165, 1.54) is 11.1 Å². The van der Waals surface area contributed by atoms with Crippen molar-refractivity contribution in [3.05, 3.63) is 59.0 Å². The molecule has 2 nitrogen and oxygen atoms in total. The first kappa shape index (κ1) is 9.67. The molecule has 3 rings (SSSR count). The molecule has 1 heterocycles. The summed E-state index contributed by atoms with van der Waals surface area (Å²) < 4.78 is 5.08. The Morgan fingerprint density at radius 2 is 2.19 bits per heavy atom. The molecule has 1 aliphatic rings. The second kappa shape index (κ2) is 3.22. The van der Waals surface area contributed by atoms with E-state index in [2.05, 4.69) is 18.2 Å². The number of hydrogen-bond donors (Lipinski definition) is 1. The molecule has 1 atom stereocenters. The van der Waals surface area contributed by atoms with Gasteiger partial charge in [-0.25, -0.2) is 0 Å². The van der Waals surface area contributed by atoms with E-state index in [1.54, 1.807) is 12.5 Å². The van der Waals surface area contributed by atoms with Crippen molar-refractivity contribution >= 4 is 0 Å². The molecule has 16 heavy (non-hydrogen) atoms. The zero-order chi connectivity index (χ0) is 11.2. The van der Waals surface area contributed by atoms with Crippen molar-refractivity contribution in [3.63, 3.8) is 0 Å². The number of benzene rings is 1. The van der Waals surface area contributed by atoms with Gasteiger partial charge in [-0.1, -0.05) is 23.8 Å². The third-order valence-corrected chi connectivity index (χ3v) is 3.47. The van der Waals surface area contributed by atoms with Crippen molar-refractivity contribution in [2.75, 3.05) is 0 Å². The van der Waals surface area contributed by atoms with Crippen molar-refractivity contribution < 1.29 is 9.52 Å². The lowest BCUT2D eigenvalue weighted by Gasteiger charge is -2.22. The van der Waals surface area contributed by atoms with Gasteiger partial charge in [0.1, 0.15) is 5.60 Å². The zero-order valence-electron chi connectivity index (χ0n) is 9.23. The molecular weight excluding hydrogens is 200 g/mol. The summed E-state index contributed by atoms with van der Waals surface area (Å²) in [6.07, 6.45) is 4.92. The quantitative estimate of drug-likeness (QED) is 0.791. The molecule has 1 N–H and O–H groups in total. The summed E-state index contributed by atoms with van der Waals surface area (Å²) in [5.41, 5.74) is 3.47. The van der Waals surface area contributed by atoms with Gasteiger partial charge in [-0.15, -0.1) is 0 Å². The maximum absolute atomic E-state index is 10.8. The summed E-state index contributed by atoms with van der Waals surface area (Å²) in [7, 11) is 0. The second-order valence-corrected chi connectivity index (χ2v) is 4.53. The highest BCUT2D eigenvalue weighted by molar-refractivity contribution is 5.45. The van der Waals surface area contributed by atoms with Crippen LogP contribution in [0.4, 0.5) is 0 Å². The topological polar surface area (TPSA) is 33.4 Å². The van der Waals surface area contributed by atoms with Gasteiger partial charge in [0.15, 0.2) is 0 Å². The number of fused-ring (bicyclic) bond motifs is 1. The average molecular weight is 214 g/mol. The van der Waals surface area contributed by atoms with Gasteiger partial charge in [0.05, 0.1) is 12.5 Å². The monoisotopic (exact) mass is 214 g/mol. The largest absolute Gasteiger partial charge is 0.472 e. The van der Waals surface area contributed by atoms with Crippen LogP contribution in [-0.4, -0.2) is 5.11 Å². The standard InChI is InChI=1S/C14H14O2/c1-10-2-3-11-4-6-14(15,13(11)8-10)12-5-7-16-9-12/h2-3,5,7-9,15H,4,6H2,1H3. The first-order valence-corrected chi connectivity index (χ1v) is 5.55. The van der Waals surface area contributed by atoms with E-state index in [0.717, 1.165) is 24.0 Å². The minimum absolute atomic E-state index is 0.741. The van der Waals surface area contributed by atoms with Crippen LogP contribution in [0.25, 0.3) is 0 Å². The predicted molar refractivity (Wildman–Crippen MR) is 61.2 cm³/mol. The van der Waals surface area contributed by atoms with Crippen molar-refractivity contribution in [2.24, 2.45) is 0 Å². The molecular formula is C14H14O2. The Kier molecular flexibility index (Phi) is 1.95. The summed E-state index contributed by atoms with van der Waals surface area (Å²) in [4.78, 5) is 0. The van der Waals surface area contributed by atoms with Gasteiger partial charge in [-0.2, -0.15) is 0 Å². The smallest absolute Gasteiger partial charge is 0.118 e. The average Bonchev–Trinajstić information content (AvgIpc) is 2.88. The van der Waals surface area contributed by atoms with Crippen LogP contribution in [0.15, 0.2) is 41.2 Å². The van der Waals surface area contributed by atoms with Crippen LogP contribution >= 0.6 is 0 Å². The Balaban J connectivity index is 2.18. The molecule has 0 radical (unpaired) electrons. The molecule has 0 fully saturated rings. The van der Waals surface area contributed by atoms with Crippen LogP contribution in [0.1, 0.15) is 28.7 Å². The molecule has 0 saturated heterocycles. The van der Waals surface area contributed by atoms with Crippen LogP contribution in [0.5, 0.6) is 0 Å². The molecule has 82 valence electrons. The second-order valence-electron chi connectivity index (χ2n) is 4.53. The van der Waals surface area contributed by atoms with Gasteiger partial charge in [-0.05, 0) is 37.0 Å². The maximum atomic E-state index is 10.8. The Hall–Kier alpha value is -1.54. The Morgan fingerprint density at radius 3 is 2.94 bits per heavy atom. The number of hydrogen-bond acceptors (Lipinski definition) is 2. The van der Waals surface area contributed by atoms with E-state index in [-0.39, 0.29) is 0 Å². The molecule has 0 aliphatic heterocycles. The minimum Gasteiger partial charge on any atom is -0.472 e. The van der Waals surface area contributed by atoms with Crippen molar-refractivity contribution in [2.45, 2.75) is 25.4 Å². The molecule has 2 aromatic rings. The summed E-state index contributed by atoms with van der Waals surface area (Å²) in [6, 6.07) is 8.13. The highest BCUT2D eigenvalue weighted by Crippen LogP contribution is 2.42. The van der Waals surface area contributed by atoms with E-state index < -0.39 is 5.60 Å². The van der Waals surface area contributed by atoms with E-state index in [9.17, 15) is 5.11 Å². The Labute approximate surface area is 94.5 Å². The summed E-state index contributed by atoms with van der Waals surface area (Å²) in [6.45, 7) is 2.05. The number of aliphatic hydroxyl groups is 1. The van der Waals surface area contributed by atoms with E-state index in [0.29, 0.717) is 0 Å². The Morgan fingerprint density at radius 1 is 1.31 bits per heavy atom. The molecule has 0 amide bonds. The SMILES string of the molecule is Cc1ccc2c(c1)C(O)(c1ccoc1)CC2. The lowest BCUT2D eigenvalue weighted by atomic mass is 9.89. The van der Waals surface area contributed by atoms with E-state index in [4.69, 9.17) is 4.42 Å². The molecule has 0 bridgehead atoms. The summed E-state index contributed by atoms with van der Waals surface area (Å²) in [5.74, 6) is 0. The Bertz CT molecular complexity index is 514. The maximum Gasteiger partial charge on any atom is 0.118 e. The highest BCUT2D eigenvalue weighted by Gasteiger charge is 2.38. The third-order valence-electron chi connectivity index (χ3n) is 3.47. The molecule has 0 saturated carbocycles. The first-order chi connectivity index (χ1) is 7.70. The van der Waals surface area contributed by atoms with Gasteiger partial charge in [-0.3, -0.25) is 0 Å². The first-order valence-electron chi connectivity index (χ1n) is 5.55. The van der Waals surface area contributed by atoms with Crippen LogP contribution in [0.3, 0.4) is 0 Å². The van der Waals surface area contributed by atoms with Crippen LogP contribution in [0.2, 0.25) is 0 Å². The summed E-state index contributed by atoms with van der Waals surface area (Å²) in [5, 5.41) is 10.8. The lowest BCUT2D eigenvalue weighted by Crippen LogP contribution is -2.23. The number of aryl methyl sites for hydroxylation is 2. The van der Waals surface area contributed by atoms with Gasteiger partial charge < -0.3 is 9.52 Å². The minimum atomic E-state index is -0.853. The zero-order valence-corrected chi connectivity index (χ0v) is 9.23. The van der Waals surface area contributed by atoms with Gasteiger partial charge in [0.25, 0.3) is 0 Å². The van der Waals surface area contributed by atoms with Gasteiger partial charge >= 0.3 is 0 Å². The molecule has 1 unspecified atom stereocenters. The van der Waals surface area contributed by atoms with Crippen molar-refractivity contribution in [1.29, 1.82) is 0 Å². The van der Waals surface area contributed by atoms with Gasteiger partial charge in [0, 0.05) is 5.56 Å². The lowest BCUT2D eigenvalue weighted by molar-refractivity contribution is 0.0822. The molecule has 1 aromatic carbocycles. The van der Waals surface area contributed by atoms with E-state index in [1.807, 2.05) is 13.0 Å². The molecule has 1 aromatic heterocycles. The fraction of sp³-hybridized carbons (Fsp3) is 0.286. The molecule has 1 aliphatic carbocycles. The van der Waals surface area contributed by atoms with Gasteiger partial charge in [0.2, 0.25) is 0 Å². The van der Waals surface area contributed by atoms with Crippen LogP contribution < -0.4 is 0 Å². The summed E-state index contributed by atoms with van der Waals surface area (Å²) >= 11 is 0. The van der Waals surface area contributed by atoms with Crippen LogP contribution in [0, 0.1) is 6.92 Å². The highest BCUT2D eigenvalue weighted by atomic mass is 16.3. The number of furan rings is 1. The molecule has 0 spiro atoms. The van der Waals surface area contributed by atoms with E-state index >= 15 is 0 Å². The predicted octanol–water partition coefficient (Wildman–Crippen LogP) is 2.77.